The van der Waals surface area contributed by atoms with E-state index in [0.717, 1.165) is 35.3 Å². The molecular weight excluding hydrogens is 357 g/mol. The number of rotatable bonds is 3. The van der Waals surface area contributed by atoms with Crippen molar-refractivity contribution >= 4 is 23.3 Å². The van der Waals surface area contributed by atoms with Crippen LogP contribution in [-0.4, -0.2) is 42.5 Å². The molecule has 3 amide bonds. The molecular formula is C22H24FN3O2. The summed E-state index contributed by atoms with van der Waals surface area (Å²) in [5.74, 6) is -0.414. The molecule has 1 fully saturated rings. The number of nitrogens with zero attached hydrogens (tertiary/aromatic N) is 3. The summed E-state index contributed by atoms with van der Waals surface area (Å²) in [6, 6.07) is 12.2. The Hall–Kier alpha value is -2.89. The van der Waals surface area contributed by atoms with Crippen LogP contribution >= 0.6 is 0 Å². The smallest absolute Gasteiger partial charge is 0.313 e. The molecule has 5 nitrogen and oxygen atoms in total. The molecule has 1 atom stereocenters. The fourth-order valence-corrected chi connectivity index (χ4v) is 4.03. The number of halogens is 1. The molecule has 6 heteroatoms. The highest BCUT2D eigenvalue weighted by molar-refractivity contribution is 6.01. The van der Waals surface area contributed by atoms with Gasteiger partial charge in [0.25, 0.3) is 0 Å². The molecule has 2 heterocycles. The summed E-state index contributed by atoms with van der Waals surface area (Å²) in [7, 11) is 0. The third-order valence-electron chi connectivity index (χ3n) is 5.61. The van der Waals surface area contributed by atoms with E-state index < -0.39 is 0 Å². The fraction of sp³-hybridized carbons (Fsp3) is 0.364. The molecule has 1 saturated heterocycles. The van der Waals surface area contributed by atoms with E-state index in [1.807, 2.05) is 38.1 Å². The lowest BCUT2D eigenvalue weighted by molar-refractivity contribution is -0.119. The summed E-state index contributed by atoms with van der Waals surface area (Å²) in [5, 5.41) is 0. The largest absolute Gasteiger partial charge is 0.325 e. The van der Waals surface area contributed by atoms with Crippen LogP contribution in [0.15, 0.2) is 42.5 Å². The average Bonchev–Trinajstić information content (AvgIpc) is 3.03. The van der Waals surface area contributed by atoms with Gasteiger partial charge in [-0.05, 0) is 62.6 Å². The Bertz CT molecular complexity index is 912. The van der Waals surface area contributed by atoms with Gasteiger partial charge in [0, 0.05) is 30.5 Å². The highest BCUT2D eigenvalue weighted by atomic mass is 19.1. The van der Waals surface area contributed by atoms with E-state index in [1.54, 1.807) is 20.8 Å². The molecule has 28 heavy (non-hydrogen) atoms. The normalized spacial score (nSPS) is 19.2. The molecule has 0 saturated carbocycles. The highest BCUT2D eigenvalue weighted by Crippen LogP contribution is 2.31. The molecule has 146 valence electrons. The van der Waals surface area contributed by atoms with E-state index in [0.29, 0.717) is 13.1 Å². The SMILES string of the molecule is Cc1ccc(N2CCN(CC(=O)N3c4ccc(F)cc4CCC3C)C2=O)cc1. The lowest BCUT2D eigenvalue weighted by atomic mass is 9.96. The van der Waals surface area contributed by atoms with Gasteiger partial charge in [-0.1, -0.05) is 17.7 Å². The van der Waals surface area contributed by atoms with Crippen molar-refractivity contribution < 1.29 is 14.0 Å². The van der Waals surface area contributed by atoms with Crippen molar-refractivity contribution in [2.24, 2.45) is 0 Å². The standard InChI is InChI=1S/C22H24FN3O2/c1-15-3-8-19(9-4-15)25-12-11-24(22(25)28)14-21(27)26-16(2)5-6-17-13-18(23)7-10-20(17)26/h3-4,7-10,13,16H,5-6,11-12,14H2,1-2H3. The summed E-state index contributed by atoms with van der Waals surface area (Å²) < 4.78 is 13.6. The molecule has 0 bridgehead atoms. The second kappa shape index (κ2) is 7.26. The zero-order valence-electron chi connectivity index (χ0n) is 16.2. The molecule has 2 aliphatic rings. The number of urea groups is 1. The molecule has 0 radical (unpaired) electrons. The van der Waals surface area contributed by atoms with Crippen molar-refractivity contribution in [3.8, 4) is 0 Å². The number of carbonyl (C=O) groups excluding carboxylic acids is 2. The minimum Gasteiger partial charge on any atom is -0.313 e. The van der Waals surface area contributed by atoms with Crippen LogP contribution in [0.5, 0.6) is 0 Å². The Morgan fingerprint density at radius 1 is 1.14 bits per heavy atom. The first-order valence-corrected chi connectivity index (χ1v) is 9.67. The molecule has 4 rings (SSSR count). The van der Waals surface area contributed by atoms with Crippen LogP contribution < -0.4 is 9.80 Å². The summed E-state index contributed by atoms with van der Waals surface area (Å²) in [4.78, 5) is 30.9. The van der Waals surface area contributed by atoms with Crippen molar-refractivity contribution in [3.63, 3.8) is 0 Å². The summed E-state index contributed by atoms with van der Waals surface area (Å²) >= 11 is 0. The highest BCUT2D eigenvalue weighted by Gasteiger charge is 2.34. The van der Waals surface area contributed by atoms with Gasteiger partial charge < -0.3 is 9.80 Å². The maximum Gasteiger partial charge on any atom is 0.325 e. The lowest BCUT2D eigenvalue weighted by Gasteiger charge is -2.36. The van der Waals surface area contributed by atoms with E-state index in [-0.39, 0.29) is 30.3 Å². The number of carbonyl (C=O) groups is 2. The number of hydrogen-bond donors (Lipinski definition) is 0. The quantitative estimate of drug-likeness (QED) is 0.813. The summed E-state index contributed by atoms with van der Waals surface area (Å²) in [6.07, 6.45) is 1.54. The number of fused-ring (bicyclic) bond motifs is 1. The van der Waals surface area contributed by atoms with Crippen molar-refractivity contribution in [2.75, 3.05) is 29.4 Å². The first kappa shape index (κ1) is 18.5. The number of anilines is 2. The Kier molecular flexibility index (Phi) is 4.79. The molecule has 1 unspecified atom stereocenters. The lowest BCUT2D eigenvalue weighted by Crippen LogP contribution is -2.48. The molecule has 2 aromatic rings. The van der Waals surface area contributed by atoms with Crippen molar-refractivity contribution in [1.82, 2.24) is 4.90 Å². The number of benzene rings is 2. The average molecular weight is 381 g/mol. The first-order chi connectivity index (χ1) is 13.4. The summed E-state index contributed by atoms with van der Waals surface area (Å²) in [5.41, 5.74) is 3.59. The second-order valence-corrected chi connectivity index (χ2v) is 7.62. The predicted octanol–water partition coefficient (Wildman–Crippen LogP) is 3.74. The van der Waals surface area contributed by atoms with Gasteiger partial charge in [0.15, 0.2) is 0 Å². The van der Waals surface area contributed by atoms with E-state index >= 15 is 0 Å². The predicted molar refractivity (Wildman–Crippen MR) is 107 cm³/mol. The number of aryl methyl sites for hydroxylation is 2. The Morgan fingerprint density at radius 2 is 1.89 bits per heavy atom. The van der Waals surface area contributed by atoms with Gasteiger partial charge in [-0.3, -0.25) is 9.69 Å². The van der Waals surface area contributed by atoms with Crippen LogP contribution in [0.25, 0.3) is 0 Å². The topological polar surface area (TPSA) is 43.9 Å². The van der Waals surface area contributed by atoms with Crippen molar-refractivity contribution in [1.29, 1.82) is 0 Å². The Morgan fingerprint density at radius 3 is 2.64 bits per heavy atom. The molecule has 0 aliphatic carbocycles. The van der Waals surface area contributed by atoms with Gasteiger partial charge in [-0.15, -0.1) is 0 Å². The van der Waals surface area contributed by atoms with E-state index in [4.69, 9.17) is 0 Å². The molecule has 0 spiro atoms. The van der Waals surface area contributed by atoms with Gasteiger partial charge in [0.1, 0.15) is 12.4 Å². The van der Waals surface area contributed by atoms with Gasteiger partial charge in [0.2, 0.25) is 5.91 Å². The van der Waals surface area contributed by atoms with Gasteiger partial charge in [-0.2, -0.15) is 0 Å². The van der Waals surface area contributed by atoms with Gasteiger partial charge in [-0.25, -0.2) is 9.18 Å². The van der Waals surface area contributed by atoms with Crippen LogP contribution in [0.3, 0.4) is 0 Å². The Balaban J connectivity index is 1.50. The molecule has 2 aliphatic heterocycles. The second-order valence-electron chi connectivity index (χ2n) is 7.62. The van der Waals surface area contributed by atoms with Crippen LogP contribution in [-0.2, 0) is 11.2 Å². The van der Waals surface area contributed by atoms with Gasteiger partial charge in [0.05, 0.1) is 0 Å². The number of hydrogen-bond acceptors (Lipinski definition) is 2. The van der Waals surface area contributed by atoms with Crippen LogP contribution in [0.4, 0.5) is 20.6 Å². The molecule has 0 N–H and O–H groups in total. The third-order valence-corrected chi connectivity index (χ3v) is 5.61. The monoisotopic (exact) mass is 381 g/mol. The van der Waals surface area contributed by atoms with Crippen LogP contribution in [0.2, 0.25) is 0 Å². The van der Waals surface area contributed by atoms with E-state index in [2.05, 4.69) is 0 Å². The molecule has 2 aromatic carbocycles. The minimum absolute atomic E-state index is 0.0244. The summed E-state index contributed by atoms with van der Waals surface area (Å²) in [6.45, 7) is 5.10. The zero-order valence-corrected chi connectivity index (χ0v) is 16.2. The Labute approximate surface area is 164 Å². The minimum atomic E-state index is -0.288. The first-order valence-electron chi connectivity index (χ1n) is 9.67. The molecule has 0 aromatic heterocycles. The zero-order chi connectivity index (χ0) is 19.8. The van der Waals surface area contributed by atoms with Crippen LogP contribution in [0.1, 0.15) is 24.5 Å². The van der Waals surface area contributed by atoms with Crippen LogP contribution in [0, 0.1) is 12.7 Å². The van der Waals surface area contributed by atoms with E-state index in [1.165, 1.54) is 12.1 Å². The fourth-order valence-electron chi connectivity index (χ4n) is 4.03. The maximum atomic E-state index is 13.6. The van der Waals surface area contributed by atoms with Crippen molar-refractivity contribution in [3.05, 3.63) is 59.4 Å². The number of amides is 3. The third kappa shape index (κ3) is 3.35. The maximum absolute atomic E-state index is 13.6. The van der Waals surface area contributed by atoms with E-state index in [9.17, 15) is 14.0 Å². The van der Waals surface area contributed by atoms with Gasteiger partial charge >= 0.3 is 6.03 Å². The van der Waals surface area contributed by atoms with Crippen molar-refractivity contribution in [2.45, 2.75) is 32.7 Å².